The second kappa shape index (κ2) is 7.26. The van der Waals surface area contributed by atoms with Crippen molar-refractivity contribution in [3.8, 4) is 0 Å². The van der Waals surface area contributed by atoms with E-state index in [1.54, 1.807) is 20.8 Å². The summed E-state index contributed by atoms with van der Waals surface area (Å²) < 4.78 is 5.27. The molecule has 0 bridgehead atoms. The summed E-state index contributed by atoms with van der Waals surface area (Å²) in [6.07, 6.45) is 0.330. The fraction of sp³-hybridized carbons (Fsp3) is 0.933. The molecule has 7 heteroatoms. The van der Waals surface area contributed by atoms with Crippen LogP contribution in [0.15, 0.2) is 0 Å². The number of rotatable bonds is 4. The van der Waals surface area contributed by atoms with Crippen molar-refractivity contribution in [2.75, 3.05) is 6.54 Å². The van der Waals surface area contributed by atoms with Gasteiger partial charge in [0.1, 0.15) is 11.8 Å². The number of carbonyl (C=O) groups is 1. The standard InChI is InChI=1S/C15H28N2O5/c1-6-8-11-10(7-2)13(18)16(9-12(11)17(20)21)14(19)22-15(3,4)5/h10-13,18H,6-9H2,1-5H3/t10-,11-,12-,13+/m0/s1. The lowest BCUT2D eigenvalue weighted by atomic mass is 9.77. The molecule has 1 aliphatic heterocycles. The van der Waals surface area contributed by atoms with Gasteiger partial charge in [0.25, 0.3) is 0 Å². The lowest BCUT2D eigenvalue weighted by molar-refractivity contribution is -0.541. The molecule has 4 atom stereocenters. The summed E-state index contributed by atoms with van der Waals surface area (Å²) in [6.45, 7) is 8.92. The van der Waals surface area contributed by atoms with Crippen molar-refractivity contribution in [2.24, 2.45) is 11.8 Å². The number of aliphatic hydroxyl groups excluding tert-OH is 1. The molecule has 0 aromatic carbocycles. The van der Waals surface area contributed by atoms with E-state index in [-0.39, 0.29) is 23.3 Å². The predicted molar refractivity (Wildman–Crippen MR) is 81.9 cm³/mol. The van der Waals surface area contributed by atoms with Gasteiger partial charge in [-0.1, -0.05) is 20.3 Å². The molecule has 0 aromatic rings. The zero-order chi connectivity index (χ0) is 17.1. The maximum absolute atomic E-state index is 12.2. The van der Waals surface area contributed by atoms with Gasteiger partial charge in [-0.25, -0.2) is 4.79 Å². The summed E-state index contributed by atoms with van der Waals surface area (Å²) in [4.78, 5) is 24.4. The van der Waals surface area contributed by atoms with Crippen LogP contribution in [0, 0.1) is 22.0 Å². The number of hydrogen-bond donors (Lipinski definition) is 1. The van der Waals surface area contributed by atoms with Crippen molar-refractivity contribution < 1.29 is 19.6 Å². The van der Waals surface area contributed by atoms with E-state index in [0.29, 0.717) is 12.8 Å². The first kappa shape index (κ1) is 18.7. The van der Waals surface area contributed by atoms with Gasteiger partial charge in [0.15, 0.2) is 0 Å². The van der Waals surface area contributed by atoms with Crippen LogP contribution >= 0.6 is 0 Å². The number of ether oxygens (including phenoxy) is 1. The lowest BCUT2D eigenvalue weighted by Gasteiger charge is -2.43. The van der Waals surface area contributed by atoms with Gasteiger partial charge in [0.05, 0.1) is 6.54 Å². The highest BCUT2D eigenvalue weighted by molar-refractivity contribution is 5.68. The molecular formula is C15H28N2O5. The topological polar surface area (TPSA) is 92.9 Å². The fourth-order valence-electron chi connectivity index (χ4n) is 3.16. The maximum atomic E-state index is 12.2. The number of aliphatic hydroxyl groups is 1. The third-order valence-corrected chi connectivity index (χ3v) is 4.12. The molecular weight excluding hydrogens is 288 g/mol. The first-order chi connectivity index (χ1) is 10.1. The summed E-state index contributed by atoms with van der Waals surface area (Å²) in [5.41, 5.74) is -0.705. The Bertz CT molecular complexity index is 407. The lowest BCUT2D eigenvalue weighted by Crippen LogP contribution is -2.60. The quantitative estimate of drug-likeness (QED) is 0.635. The van der Waals surface area contributed by atoms with E-state index >= 15 is 0 Å². The Morgan fingerprint density at radius 1 is 1.36 bits per heavy atom. The number of amides is 1. The zero-order valence-corrected chi connectivity index (χ0v) is 14.1. The molecule has 128 valence electrons. The SMILES string of the molecule is CCC[C@H]1[C@H](CC)[C@@H](O)N(C(=O)OC(C)(C)C)C[C@@H]1[N+](=O)[O-]. The molecule has 0 radical (unpaired) electrons. The Morgan fingerprint density at radius 2 is 1.95 bits per heavy atom. The summed E-state index contributed by atoms with van der Waals surface area (Å²) in [6, 6.07) is -0.860. The molecule has 0 aromatic heterocycles. The smallest absolute Gasteiger partial charge is 0.412 e. The van der Waals surface area contributed by atoms with Crippen molar-refractivity contribution in [1.82, 2.24) is 4.90 Å². The van der Waals surface area contributed by atoms with Crippen LogP contribution in [0.3, 0.4) is 0 Å². The Kier molecular flexibility index (Phi) is 6.17. The van der Waals surface area contributed by atoms with Crippen molar-refractivity contribution >= 4 is 6.09 Å². The molecule has 0 aliphatic carbocycles. The zero-order valence-electron chi connectivity index (χ0n) is 14.1. The van der Waals surface area contributed by atoms with Crippen LogP contribution in [0.5, 0.6) is 0 Å². The third kappa shape index (κ3) is 4.32. The van der Waals surface area contributed by atoms with E-state index in [1.165, 1.54) is 0 Å². The number of hydrogen-bond acceptors (Lipinski definition) is 5. The Labute approximate surface area is 131 Å². The fourth-order valence-corrected chi connectivity index (χ4v) is 3.16. The van der Waals surface area contributed by atoms with E-state index in [2.05, 4.69) is 0 Å². The number of nitro groups is 1. The number of carbonyl (C=O) groups excluding carboxylic acids is 1. The Hall–Kier alpha value is -1.37. The molecule has 1 saturated heterocycles. The normalized spacial score (nSPS) is 29.3. The largest absolute Gasteiger partial charge is 0.444 e. The number of piperidine rings is 1. The highest BCUT2D eigenvalue weighted by atomic mass is 16.6. The van der Waals surface area contributed by atoms with Crippen LogP contribution in [-0.2, 0) is 4.74 Å². The van der Waals surface area contributed by atoms with Gasteiger partial charge in [-0.3, -0.25) is 15.0 Å². The highest BCUT2D eigenvalue weighted by Gasteiger charge is 2.49. The van der Waals surface area contributed by atoms with Gasteiger partial charge in [0.2, 0.25) is 6.04 Å². The average molecular weight is 316 g/mol. The monoisotopic (exact) mass is 316 g/mol. The Morgan fingerprint density at radius 3 is 2.36 bits per heavy atom. The van der Waals surface area contributed by atoms with Gasteiger partial charge < -0.3 is 9.84 Å². The second-order valence-corrected chi connectivity index (χ2v) is 6.92. The summed E-state index contributed by atoms with van der Waals surface area (Å²) in [5.74, 6) is -0.532. The number of nitrogens with zero attached hydrogens (tertiary/aromatic N) is 2. The summed E-state index contributed by atoms with van der Waals surface area (Å²) in [7, 11) is 0. The van der Waals surface area contributed by atoms with Crippen molar-refractivity contribution in [3.05, 3.63) is 10.1 Å². The van der Waals surface area contributed by atoms with Crippen molar-refractivity contribution in [3.63, 3.8) is 0 Å². The second-order valence-electron chi connectivity index (χ2n) is 6.92. The van der Waals surface area contributed by atoms with E-state index in [4.69, 9.17) is 4.74 Å². The van der Waals surface area contributed by atoms with Crippen LogP contribution < -0.4 is 0 Å². The van der Waals surface area contributed by atoms with Crippen LogP contribution in [0.1, 0.15) is 53.9 Å². The highest BCUT2D eigenvalue weighted by Crippen LogP contribution is 2.35. The van der Waals surface area contributed by atoms with Gasteiger partial charge >= 0.3 is 6.09 Å². The van der Waals surface area contributed by atoms with Gasteiger partial charge in [-0.15, -0.1) is 0 Å². The van der Waals surface area contributed by atoms with Gasteiger partial charge in [-0.2, -0.15) is 0 Å². The molecule has 0 spiro atoms. The molecule has 1 fully saturated rings. The van der Waals surface area contributed by atoms with E-state index in [0.717, 1.165) is 11.3 Å². The van der Waals surface area contributed by atoms with Gasteiger partial charge in [0, 0.05) is 16.8 Å². The van der Waals surface area contributed by atoms with Crippen LogP contribution in [-0.4, -0.2) is 45.4 Å². The Balaban J connectivity index is 3.02. The van der Waals surface area contributed by atoms with Crippen molar-refractivity contribution in [2.45, 2.75) is 71.8 Å². The van der Waals surface area contributed by atoms with E-state index < -0.39 is 24.0 Å². The molecule has 0 unspecified atom stereocenters. The van der Waals surface area contributed by atoms with Crippen molar-refractivity contribution in [1.29, 1.82) is 0 Å². The third-order valence-electron chi connectivity index (χ3n) is 4.12. The first-order valence-corrected chi connectivity index (χ1v) is 7.93. The molecule has 1 N–H and O–H groups in total. The molecule has 22 heavy (non-hydrogen) atoms. The maximum Gasteiger partial charge on any atom is 0.412 e. The molecule has 1 heterocycles. The molecule has 0 saturated carbocycles. The molecule has 1 rings (SSSR count). The van der Waals surface area contributed by atoms with Gasteiger partial charge in [-0.05, 0) is 33.6 Å². The van der Waals surface area contributed by atoms with Crippen LogP contribution in [0.2, 0.25) is 0 Å². The molecule has 7 nitrogen and oxygen atoms in total. The number of likely N-dealkylation sites (tertiary alicyclic amines) is 1. The predicted octanol–water partition coefficient (Wildman–Crippen LogP) is 2.64. The summed E-state index contributed by atoms with van der Waals surface area (Å²) >= 11 is 0. The molecule has 1 aliphatic rings. The first-order valence-electron chi connectivity index (χ1n) is 7.93. The minimum absolute atomic E-state index is 0.107. The van der Waals surface area contributed by atoms with E-state index in [9.17, 15) is 20.0 Å². The average Bonchev–Trinajstić information content (AvgIpc) is 2.36. The van der Waals surface area contributed by atoms with Crippen LogP contribution in [0.4, 0.5) is 4.79 Å². The molecule has 1 amide bonds. The van der Waals surface area contributed by atoms with Crippen LogP contribution in [0.25, 0.3) is 0 Å². The minimum atomic E-state index is -1.03. The summed E-state index contributed by atoms with van der Waals surface area (Å²) in [5, 5.41) is 21.9. The minimum Gasteiger partial charge on any atom is -0.444 e. The van der Waals surface area contributed by atoms with E-state index in [1.807, 2.05) is 13.8 Å².